The van der Waals surface area contributed by atoms with E-state index in [0.717, 1.165) is 16.2 Å². The summed E-state index contributed by atoms with van der Waals surface area (Å²) >= 11 is 5.44. The molecule has 0 bridgehead atoms. The van der Waals surface area contributed by atoms with Crippen molar-refractivity contribution in [1.29, 1.82) is 0 Å². The summed E-state index contributed by atoms with van der Waals surface area (Å²) in [4.78, 5) is 1.13. The molecule has 2 aromatic carbocycles. The van der Waals surface area contributed by atoms with Crippen LogP contribution in [-0.2, 0) is 13.2 Å². The number of tetrazole rings is 1. The summed E-state index contributed by atoms with van der Waals surface area (Å²) in [7, 11) is 2.01. The molecule has 3 rings (SSSR count). The van der Waals surface area contributed by atoms with Crippen molar-refractivity contribution in [2.24, 2.45) is 0 Å². The van der Waals surface area contributed by atoms with E-state index in [9.17, 15) is 4.39 Å². The zero-order chi connectivity index (χ0) is 16.2. The van der Waals surface area contributed by atoms with Crippen LogP contribution < -0.4 is 4.90 Å². The zero-order valence-electron chi connectivity index (χ0n) is 12.7. The van der Waals surface area contributed by atoms with Gasteiger partial charge < -0.3 is 4.90 Å². The molecule has 118 valence electrons. The van der Waals surface area contributed by atoms with Crippen molar-refractivity contribution in [2.45, 2.75) is 13.2 Å². The van der Waals surface area contributed by atoms with Crippen molar-refractivity contribution in [3.05, 3.63) is 70.7 Å². The van der Waals surface area contributed by atoms with E-state index < -0.39 is 0 Å². The van der Waals surface area contributed by atoms with Crippen molar-refractivity contribution in [1.82, 2.24) is 19.8 Å². The van der Waals surface area contributed by atoms with Crippen molar-refractivity contribution < 1.29 is 9.29 Å². The summed E-state index contributed by atoms with van der Waals surface area (Å²) < 4.78 is 17.1. The minimum absolute atomic E-state index is 0.220. The molecule has 1 N–H and O–H groups in total. The first-order valence-electron chi connectivity index (χ1n) is 7.27. The summed E-state index contributed by atoms with van der Waals surface area (Å²) in [6.07, 6.45) is 0. The van der Waals surface area contributed by atoms with Gasteiger partial charge >= 0.3 is 0 Å². The fourth-order valence-electron chi connectivity index (χ4n) is 2.41. The highest BCUT2D eigenvalue weighted by Crippen LogP contribution is 2.05. The average molecular weight is 330 g/mol. The number of quaternary nitrogens is 1. The van der Waals surface area contributed by atoms with E-state index in [1.165, 1.54) is 6.07 Å². The largest absolute Gasteiger partial charge is 0.315 e. The molecule has 0 saturated carbocycles. The Labute approximate surface area is 138 Å². The maximum Gasteiger partial charge on any atom is 0.225 e. The normalized spacial score (nSPS) is 12.3. The fraction of sp³-hybridized carbons (Fsp3) is 0.188. The maximum atomic E-state index is 13.2. The Kier molecular flexibility index (Phi) is 4.59. The predicted molar refractivity (Wildman–Crippen MR) is 87.2 cm³/mol. The molecule has 0 spiro atoms. The second-order valence-corrected chi connectivity index (χ2v) is 5.80. The van der Waals surface area contributed by atoms with E-state index >= 15 is 0 Å². The van der Waals surface area contributed by atoms with Gasteiger partial charge in [-0.2, -0.15) is 9.36 Å². The lowest BCUT2D eigenvalue weighted by Crippen LogP contribution is -3.07. The Morgan fingerprint density at radius 1 is 1.09 bits per heavy atom. The van der Waals surface area contributed by atoms with Gasteiger partial charge in [-0.05, 0) is 46.9 Å². The van der Waals surface area contributed by atoms with Crippen LogP contribution in [0.5, 0.6) is 0 Å². The monoisotopic (exact) mass is 330 g/mol. The van der Waals surface area contributed by atoms with Crippen LogP contribution in [0.4, 0.5) is 4.39 Å². The summed E-state index contributed by atoms with van der Waals surface area (Å²) in [5.41, 5.74) is 1.82. The number of benzene rings is 2. The van der Waals surface area contributed by atoms with E-state index in [1.807, 2.05) is 43.4 Å². The molecule has 0 aliphatic heterocycles. The summed E-state index contributed by atoms with van der Waals surface area (Å²) in [5, 5.41) is 8.23. The molecule has 0 aliphatic carbocycles. The SMILES string of the molecule is C[NH+](Cc1cccc(F)c1)Cn1nnn(-c2ccccc2)c1=S. The average Bonchev–Trinajstić information content (AvgIpc) is 2.89. The molecule has 1 unspecified atom stereocenters. The van der Waals surface area contributed by atoms with Gasteiger partial charge in [0.1, 0.15) is 12.4 Å². The smallest absolute Gasteiger partial charge is 0.225 e. The Balaban J connectivity index is 1.73. The molecule has 1 heterocycles. The van der Waals surface area contributed by atoms with Crippen molar-refractivity contribution in [3.8, 4) is 5.69 Å². The number of hydrogen-bond donors (Lipinski definition) is 1. The van der Waals surface area contributed by atoms with Crippen LogP contribution in [0.2, 0.25) is 0 Å². The van der Waals surface area contributed by atoms with Crippen molar-refractivity contribution in [3.63, 3.8) is 0 Å². The van der Waals surface area contributed by atoms with Gasteiger partial charge in [-0.1, -0.05) is 30.3 Å². The number of nitrogens with one attached hydrogen (secondary N) is 1. The predicted octanol–water partition coefficient (Wildman–Crippen LogP) is 1.61. The van der Waals surface area contributed by atoms with Crippen LogP contribution in [-0.4, -0.2) is 26.8 Å². The molecule has 7 heteroatoms. The lowest BCUT2D eigenvalue weighted by molar-refractivity contribution is -0.917. The van der Waals surface area contributed by atoms with Gasteiger partial charge in [0.2, 0.25) is 4.77 Å². The lowest BCUT2D eigenvalue weighted by atomic mass is 10.2. The van der Waals surface area contributed by atoms with E-state index in [2.05, 4.69) is 10.4 Å². The second kappa shape index (κ2) is 6.80. The first kappa shape index (κ1) is 15.5. The highest BCUT2D eigenvalue weighted by molar-refractivity contribution is 7.71. The van der Waals surface area contributed by atoms with Crippen LogP contribution in [0, 0.1) is 10.6 Å². The highest BCUT2D eigenvalue weighted by atomic mass is 32.1. The van der Waals surface area contributed by atoms with Crippen molar-refractivity contribution >= 4 is 12.2 Å². The third kappa shape index (κ3) is 3.69. The van der Waals surface area contributed by atoms with Crippen LogP contribution in [0.25, 0.3) is 5.69 Å². The number of halogens is 1. The van der Waals surface area contributed by atoms with Crippen LogP contribution in [0.3, 0.4) is 0 Å². The molecule has 3 aromatic rings. The lowest BCUT2D eigenvalue weighted by Gasteiger charge is -2.13. The maximum absolute atomic E-state index is 13.2. The molecule has 0 radical (unpaired) electrons. The minimum atomic E-state index is -0.220. The van der Waals surface area contributed by atoms with E-state index in [-0.39, 0.29) is 5.82 Å². The molecule has 0 fully saturated rings. The van der Waals surface area contributed by atoms with Crippen LogP contribution in [0.1, 0.15) is 5.56 Å². The Morgan fingerprint density at radius 3 is 2.61 bits per heavy atom. The number of hydrogen-bond acceptors (Lipinski definition) is 3. The van der Waals surface area contributed by atoms with Gasteiger partial charge in [0.15, 0.2) is 6.67 Å². The molecule has 1 aromatic heterocycles. The first-order valence-corrected chi connectivity index (χ1v) is 7.68. The number of rotatable bonds is 5. The second-order valence-electron chi connectivity index (χ2n) is 5.43. The highest BCUT2D eigenvalue weighted by Gasteiger charge is 2.10. The Morgan fingerprint density at radius 2 is 1.87 bits per heavy atom. The number of nitrogens with zero attached hydrogens (tertiary/aromatic N) is 4. The number of para-hydroxylation sites is 1. The molecular formula is C16H17FN5S+. The van der Waals surface area contributed by atoms with Gasteiger partial charge in [-0.25, -0.2) is 4.39 Å². The topological polar surface area (TPSA) is 40.1 Å². The van der Waals surface area contributed by atoms with E-state index in [4.69, 9.17) is 12.2 Å². The van der Waals surface area contributed by atoms with Crippen molar-refractivity contribution in [2.75, 3.05) is 7.05 Å². The van der Waals surface area contributed by atoms with Gasteiger partial charge in [-0.15, -0.1) is 0 Å². The van der Waals surface area contributed by atoms with Crippen LogP contribution in [0.15, 0.2) is 54.6 Å². The summed E-state index contributed by atoms with van der Waals surface area (Å²) in [5.74, 6) is -0.220. The van der Waals surface area contributed by atoms with E-state index in [1.54, 1.807) is 21.5 Å². The molecule has 5 nitrogen and oxygen atoms in total. The molecule has 1 atom stereocenters. The van der Waals surface area contributed by atoms with Crippen LogP contribution >= 0.6 is 12.2 Å². The van der Waals surface area contributed by atoms with Gasteiger partial charge in [0.05, 0.1) is 12.7 Å². The summed E-state index contributed by atoms with van der Waals surface area (Å²) in [6, 6.07) is 16.3. The standard InChI is InChI=1S/C16H16FN5S/c1-20(11-13-6-5-7-14(17)10-13)12-21-16(23)22(19-18-21)15-8-3-2-4-9-15/h2-10H,11-12H2,1H3/p+1. The van der Waals surface area contributed by atoms with Gasteiger partial charge in [0.25, 0.3) is 0 Å². The first-order chi connectivity index (χ1) is 11.1. The van der Waals surface area contributed by atoms with Gasteiger partial charge in [-0.3, -0.25) is 0 Å². The Bertz CT molecular complexity index is 843. The third-order valence-electron chi connectivity index (χ3n) is 3.45. The quantitative estimate of drug-likeness (QED) is 0.723. The minimum Gasteiger partial charge on any atom is -0.315 e. The molecule has 0 saturated heterocycles. The Hall–Kier alpha value is -2.38. The fourth-order valence-corrected chi connectivity index (χ4v) is 2.65. The van der Waals surface area contributed by atoms with E-state index in [0.29, 0.717) is 18.0 Å². The molecule has 0 amide bonds. The van der Waals surface area contributed by atoms with Gasteiger partial charge in [0, 0.05) is 5.56 Å². The zero-order valence-corrected chi connectivity index (χ0v) is 13.5. The third-order valence-corrected chi connectivity index (χ3v) is 3.84. The molecule has 23 heavy (non-hydrogen) atoms. The molecule has 0 aliphatic rings. The number of aromatic nitrogens is 4. The summed E-state index contributed by atoms with van der Waals surface area (Å²) in [6.45, 7) is 1.24. The molecular weight excluding hydrogens is 313 g/mol.